The molecule has 170 valence electrons. The molecule has 3 N–H and O–H groups in total. The van der Waals surface area contributed by atoms with Crippen LogP contribution in [-0.4, -0.2) is 110 Å². The van der Waals surface area contributed by atoms with Gasteiger partial charge in [0.2, 0.25) is 0 Å². The number of fused-ring (bicyclic) bond motifs is 2. The van der Waals surface area contributed by atoms with Gasteiger partial charge in [-0.2, -0.15) is 13.5 Å². The molecule has 0 radical (unpaired) electrons. The quantitative estimate of drug-likeness (QED) is 0.297. The number of amides is 3. The molecule has 0 unspecified atom stereocenters. The number of morpholine rings is 1. The summed E-state index contributed by atoms with van der Waals surface area (Å²) in [5.74, 6) is -0.474. The van der Waals surface area contributed by atoms with E-state index in [-0.39, 0.29) is 12.6 Å². The number of piperidine rings is 1. The van der Waals surface area contributed by atoms with Gasteiger partial charge in [0.1, 0.15) is 6.04 Å². The summed E-state index contributed by atoms with van der Waals surface area (Å²) >= 11 is 0. The molecule has 3 amide bonds. The molecule has 0 saturated carbocycles. The Morgan fingerprint density at radius 3 is 2.77 bits per heavy atom. The lowest BCUT2D eigenvalue weighted by Gasteiger charge is -2.31. The van der Waals surface area contributed by atoms with Crippen molar-refractivity contribution in [2.45, 2.75) is 43.4 Å². The molecule has 0 aromatic carbocycles. The van der Waals surface area contributed by atoms with Gasteiger partial charge in [0.05, 0.1) is 25.9 Å². The van der Waals surface area contributed by atoms with Crippen LogP contribution in [0.3, 0.4) is 0 Å². The van der Waals surface area contributed by atoms with E-state index in [0.29, 0.717) is 30.6 Å². The zero-order chi connectivity index (χ0) is 21.3. The molecule has 4 rings (SSSR count). The van der Waals surface area contributed by atoms with Crippen LogP contribution in [0.5, 0.6) is 0 Å². The van der Waals surface area contributed by atoms with Crippen LogP contribution in [0.25, 0.3) is 0 Å². The lowest BCUT2D eigenvalue weighted by molar-refractivity contribution is -0.139. The molecule has 4 fully saturated rings. The maximum absolute atomic E-state index is 12.5. The number of hydrogen-bond acceptors (Lipinski definition) is 9. The first-order chi connectivity index (χ1) is 14.3. The summed E-state index contributed by atoms with van der Waals surface area (Å²) in [6.45, 7) is 4.63. The van der Waals surface area contributed by atoms with Crippen LogP contribution in [0.2, 0.25) is 0 Å². The molecule has 4 heterocycles. The van der Waals surface area contributed by atoms with E-state index in [1.54, 1.807) is 0 Å². The summed E-state index contributed by atoms with van der Waals surface area (Å²) in [6, 6.07) is -1.57. The predicted octanol–water partition coefficient (Wildman–Crippen LogP) is -1.90. The Morgan fingerprint density at radius 1 is 1.27 bits per heavy atom. The second kappa shape index (κ2) is 8.90. The first-order valence-electron chi connectivity index (χ1n) is 10.1. The molecule has 0 spiro atoms. The van der Waals surface area contributed by atoms with Gasteiger partial charge < -0.3 is 15.0 Å². The van der Waals surface area contributed by atoms with Gasteiger partial charge in [-0.15, -0.1) is 4.28 Å². The fraction of sp³-hybridized carbons (Fsp3) is 0.875. The maximum atomic E-state index is 12.5. The maximum Gasteiger partial charge on any atom is 0.418 e. The number of hydrogen-bond donors (Lipinski definition) is 3. The Kier molecular flexibility index (Phi) is 6.43. The molecule has 4 atom stereocenters. The number of hydroxylamine groups is 3. The Morgan fingerprint density at radius 2 is 2.03 bits per heavy atom. The van der Waals surface area contributed by atoms with Crippen LogP contribution in [0, 0.1) is 0 Å². The van der Waals surface area contributed by atoms with Gasteiger partial charge in [0.15, 0.2) is 0 Å². The monoisotopic (exact) mass is 449 g/mol. The van der Waals surface area contributed by atoms with Crippen LogP contribution in [0.1, 0.15) is 19.3 Å². The zero-order valence-corrected chi connectivity index (χ0v) is 17.3. The van der Waals surface area contributed by atoms with Gasteiger partial charge in [0, 0.05) is 38.3 Å². The highest BCUT2D eigenvalue weighted by molar-refractivity contribution is 7.80. The van der Waals surface area contributed by atoms with Crippen LogP contribution in [0.4, 0.5) is 4.79 Å². The van der Waals surface area contributed by atoms with Crippen molar-refractivity contribution in [2.24, 2.45) is 0 Å². The number of carbonyl (C=O) groups excluding carboxylic acids is 2. The fourth-order valence-corrected chi connectivity index (χ4v) is 4.92. The third-order valence-electron chi connectivity index (χ3n) is 6.02. The molecule has 4 aliphatic heterocycles. The first-order valence-corrected chi connectivity index (χ1v) is 11.4. The van der Waals surface area contributed by atoms with E-state index in [4.69, 9.17) is 14.1 Å². The molecule has 0 aromatic heterocycles. The predicted molar refractivity (Wildman–Crippen MR) is 100 cm³/mol. The minimum atomic E-state index is -4.82. The summed E-state index contributed by atoms with van der Waals surface area (Å²) in [5.41, 5.74) is 2.41. The Hall–Kier alpha value is -1.55. The van der Waals surface area contributed by atoms with Gasteiger partial charge in [-0.05, 0) is 19.3 Å². The summed E-state index contributed by atoms with van der Waals surface area (Å²) < 4.78 is 40.4. The minimum Gasteiger partial charge on any atom is -0.379 e. The molecule has 14 heteroatoms. The smallest absolute Gasteiger partial charge is 0.379 e. The van der Waals surface area contributed by atoms with E-state index in [9.17, 15) is 18.0 Å². The van der Waals surface area contributed by atoms with Crippen molar-refractivity contribution in [3.63, 3.8) is 0 Å². The van der Waals surface area contributed by atoms with Gasteiger partial charge in [-0.1, -0.05) is 0 Å². The van der Waals surface area contributed by atoms with Gasteiger partial charge in [-0.25, -0.2) is 10.3 Å². The van der Waals surface area contributed by atoms with E-state index in [2.05, 4.69) is 20.0 Å². The average Bonchev–Trinajstić information content (AvgIpc) is 3.27. The largest absolute Gasteiger partial charge is 0.418 e. The van der Waals surface area contributed by atoms with Crippen molar-refractivity contribution in [3.8, 4) is 0 Å². The molecule has 2 bridgehead atoms. The highest BCUT2D eigenvalue weighted by atomic mass is 32.3. The molecule has 13 nitrogen and oxygen atoms in total. The first kappa shape index (κ1) is 21.7. The molecule has 0 aliphatic carbocycles. The number of nitrogens with zero attached hydrogens (tertiary/aromatic N) is 3. The topological polar surface area (TPSA) is 150 Å². The summed E-state index contributed by atoms with van der Waals surface area (Å²) in [4.78, 5) is 33.9. The summed E-state index contributed by atoms with van der Waals surface area (Å²) in [5, 5.41) is 4.00. The lowest BCUT2D eigenvalue weighted by atomic mass is 10.0. The minimum absolute atomic E-state index is 0.112. The van der Waals surface area contributed by atoms with Gasteiger partial charge in [0.25, 0.3) is 5.91 Å². The number of rotatable bonds is 7. The second-order valence-electron chi connectivity index (χ2n) is 7.93. The van der Waals surface area contributed by atoms with E-state index >= 15 is 0 Å². The molecular weight excluding hydrogens is 422 g/mol. The van der Waals surface area contributed by atoms with Crippen LogP contribution in [0.15, 0.2) is 0 Å². The molecule has 4 saturated heterocycles. The highest BCUT2D eigenvalue weighted by Crippen LogP contribution is 2.30. The van der Waals surface area contributed by atoms with Crippen molar-refractivity contribution >= 4 is 22.3 Å². The number of urea groups is 1. The van der Waals surface area contributed by atoms with Crippen molar-refractivity contribution in [1.82, 2.24) is 25.7 Å². The van der Waals surface area contributed by atoms with Gasteiger partial charge in [-0.3, -0.25) is 19.1 Å². The van der Waals surface area contributed by atoms with Crippen LogP contribution < -0.4 is 10.8 Å². The third-order valence-corrected chi connectivity index (χ3v) is 6.37. The fourth-order valence-electron chi connectivity index (χ4n) is 4.53. The average molecular weight is 449 g/mol. The molecule has 0 aromatic rings. The van der Waals surface area contributed by atoms with Crippen molar-refractivity contribution in [2.75, 3.05) is 46.0 Å². The standard InChI is InChI=1S/C16H27N5O8S/c22-15(14-2-1-12-9-20(14)16(23)21(12)29-30(24,25)26)18-28-10-11-7-13(8-17-11)19-3-5-27-6-4-19/h11-14,17H,1-10H2,(H,18,22)(H,24,25,26)/t11-,12-,13+,14+/m1/s1. The Balaban J connectivity index is 1.22. The zero-order valence-electron chi connectivity index (χ0n) is 16.4. The Labute approximate surface area is 174 Å². The van der Waals surface area contributed by atoms with Crippen LogP contribution >= 0.6 is 0 Å². The lowest BCUT2D eigenvalue weighted by Crippen LogP contribution is -2.50. The SMILES string of the molecule is O=C(NOC[C@H]1C[C@H](N2CCOCC2)CN1)[C@@H]1CC[C@@H]2CN1C(=O)N2OS(=O)(=O)O. The van der Waals surface area contributed by atoms with E-state index < -0.39 is 34.4 Å². The van der Waals surface area contributed by atoms with E-state index in [1.807, 2.05) is 0 Å². The third kappa shape index (κ3) is 4.85. The summed E-state index contributed by atoms with van der Waals surface area (Å²) in [7, 11) is -4.82. The van der Waals surface area contributed by atoms with E-state index in [1.165, 1.54) is 4.90 Å². The number of ether oxygens (including phenoxy) is 1. The van der Waals surface area contributed by atoms with Crippen molar-refractivity contribution < 1.29 is 36.4 Å². The number of nitrogens with one attached hydrogen (secondary N) is 2. The van der Waals surface area contributed by atoms with Crippen molar-refractivity contribution in [1.29, 1.82) is 0 Å². The van der Waals surface area contributed by atoms with E-state index in [0.717, 1.165) is 39.3 Å². The van der Waals surface area contributed by atoms with Crippen LogP contribution in [-0.2, 0) is 29.1 Å². The highest BCUT2D eigenvalue weighted by Gasteiger charge is 2.49. The van der Waals surface area contributed by atoms with Crippen molar-refractivity contribution in [3.05, 3.63) is 0 Å². The molecular formula is C16H27N5O8S. The normalized spacial score (nSPS) is 32.6. The Bertz CT molecular complexity index is 761. The molecule has 4 aliphatic rings. The van der Waals surface area contributed by atoms with Gasteiger partial charge >= 0.3 is 16.4 Å². The summed E-state index contributed by atoms with van der Waals surface area (Å²) in [6.07, 6.45) is 1.60. The molecule has 30 heavy (non-hydrogen) atoms. The number of carbonyl (C=O) groups is 2. The second-order valence-corrected chi connectivity index (χ2v) is 8.93.